The summed E-state index contributed by atoms with van der Waals surface area (Å²) < 4.78 is 7.19. The third-order valence-corrected chi connectivity index (χ3v) is 4.31. The topological polar surface area (TPSA) is 75.2 Å². The minimum Gasteiger partial charge on any atom is -0.381 e. The van der Waals surface area contributed by atoms with E-state index in [4.69, 9.17) is 4.74 Å². The molecular weight excluding hydrogens is 302 g/mol. The normalized spacial score (nSPS) is 15.3. The van der Waals surface area contributed by atoms with Gasteiger partial charge in [-0.15, -0.1) is 0 Å². The fraction of sp³-hybridized carbons (Fsp3) is 0.278. The van der Waals surface area contributed by atoms with E-state index in [1.54, 1.807) is 16.9 Å². The second-order valence-corrected chi connectivity index (χ2v) is 5.81. The fourth-order valence-corrected chi connectivity index (χ4v) is 3.11. The summed E-state index contributed by atoms with van der Waals surface area (Å²) in [6.45, 7) is 1.55. The zero-order valence-electron chi connectivity index (χ0n) is 13.1. The van der Waals surface area contributed by atoms with E-state index >= 15 is 0 Å². The first-order valence-corrected chi connectivity index (χ1v) is 8.03. The van der Waals surface area contributed by atoms with Crippen molar-refractivity contribution in [2.24, 2.45) is 0 Å². The first kappa shape index (κ1) is 14.7. The lowest BCUT2D eigenvalue weighted by molar-refractivity contribution is 0.0904. The summed E-state index contributed by atoms with van der Waals surface area (Å²) in [5.74, 6) is 0. The highest BCUT2D eigenvalue weighted by molar-refractivity contribution is 5.88. The van der Waals surface area contributed by atoms with Crippen LogP contribution in [0.3, 0.4) is 0 Å². The van der Waals surface area contributed by atoms with Crippen molar-refractivity contribution in [2.45, 2.75) is 18.9 Å². The number of hydrogen-bond acceptors (Lipinski definition) is 5. The highest BCUT2D eigenvalue weighted by atomic mass is 16.5. The maximum Gasteiger partial charge on any atom is 0.102 e. The van der Waals surface area contributed by atoms with E-state index in [1.165, 1.54) is 0 Å². The molecule has 120 valence electrons. The van der Waals surface area contributed by atoms with Gasteiger partial charge in [0.05, 0.1) is 28.7 Å². The number of hydrogen-bond donors (Lipinski definition) is 1. The van der Waals surface area contributed by atoms with Gasteiger partial charge in [0, 0.05) is 37.2 Å². The van der Waals surface area contributed by atoms with Crippen molar-refractivity contribution in [1.29, 1.82) is 5.26 Å². The van der Waals surface area contributed by atoms with Gasteiger partial charge in [0.25, 0.3) is 0 Å². The van der Waals surface area contributed by atoms with E-state index in [9.17, 15) is 5.26 Å². The number of nitriles is 1. The third kappa shape index (κ3) is 2.59. The SMILES string of the molecule is N#Cc1cnn2cccc2c1-c1ncccc1NC1CCOCC1. The van der Waals surface area contributed by atoms with E-state index < -0.39 is 0 Å². The van der Waals surface area contributed by atoms with E-state index in [2.05, 4.69) is 21.5 Å². The lowest BCUT2D eigenvalue weighted by Gasteiger charge is -2.25. The largest absolute Gasteiger partial charge is 0.381 e. The van der Waals surface area contributed by atoms with Gasteiger partial charge in [-0.1, -0.05) is 0 Å². The van der Waals surface area contributed by atoms with Gasteiger partial charge >= 0.3 is 0 Å². The number of nitrogens with zero attached hydrogens (tertiary/aromatic N) is 4. The van der Waals surface area contributed by atoms with Crippen molar-refractivity contribution < 1.29 is 4.74 Å². The van der Waals surface area contributed by atoms with Crippen LogP contribution in [0.15, 0.2) is 42.9 Å². The summed E-state index contributed by atoms with van der Waals surface area (Å²) in [4.78, 5) is 4.57. The number of fused-ring (bicyclic) bond motifs is 1. The van der Waals surface area contributed by atoms with Crippen molar-refractivity contribution in [1.82, 2.24) is 14.6 Å². The lowest BCUT2D eigenvalue weighted by atomic mass is 10.0. The van der Waals surface area contributed by atoms with Gasteiger partial charge in [0.2, 0.25) is 0 Å². The zero-order chi connectivity index (χ0) is 16.4. The Morgan fingerprint density at radius 3 is 2.96 bits per heavy atom. The molecule has 1 N–H and O–H groups in total. The first-order valence-electron chi connectivity index (χ1n) is 8.03. The summed E-state index contributed by atoms with van der Waals surface area (Å²) in [6.07, 6.45) is 7.15. The van der Waals surface area contributed by atoms with Crippen LogP contribution in [-0.4, -0.2) is 33.9 Å². The Labute approximate surface area is 139 Å². The first-order chi connectivity index (χ1) is 11.9. The van der Waals surface area contributed by atoms with Crippen LogP contribution in [0.25, 0.3) is 16.8 Å². The molecule has 0 bridgehead atoms. The van der Waals surface area contributed by atoms with Gasteiger partial charge < -0.3 is 10.1 Å². The van der Waals surface area contributed by atoms with Crippen LogP contribution >= 0.6 is 0 Å². The monoisotopic (exact) mass is 319 g/mol. The molecule has 6 nitrogen and oxygen atoms in total. The van der Waals surface area contributed by atoms with Gasteiger partial charge in [0.15, 0.2) is 0 Å². The van der Waals surface area contributed by atoms with Crippen LogP contribution in [0, 0.1) is 11.3 Å². The Kier molecular flexibility index (Phi) is 3.85. The summed E-state index contributed by atoms with van der Waals surface area (Å²) in [6, 6.07) is 10.4. The minimum absolute atomic E-state index is 0.358. The maximum absolute atomic E-state index is 9.53. The molecule has 0 saturated carbocycles. The van der Waals surface area contributed by atoms with E-state index in [0.717, 1.165) is 48.5 Å². The number of anilines is 1. The van der Waals surface area contributed by atoms with Crippen LogP contribution in [-0.2, 0) is 4.74 Å². The Morgan fingerprint density at radius 1 is 1.25 bits per heavy atom. The van der Waals surface area contributed by atoms with Gasteiger partial charge in [-0.2, -0.15) is 10.4 Å². The van der Waals surface area contributed by atoms with Crippen LogP contribution in [0.5, 0.6) is 0 Å². The Bertz CT molecular complexity index is 905. The number of rotatable bonds is 3. The molecule has 4 rings (SSSR count). The average molecular weight is 319 g/mol. The molecule has 0 unspecified atom stereocenters. The molecule has 0 aromatic carbocycles. The molecule has 1 saturated heterocycles. The van der Waals surface area contributed by atoms with Gasteiger partial charge in [-0.25, -0.2) is 4.52 Å². The van der Waals surface area contributed by atoms with Crippen molar-refractivity contribution >= 4 is 11.2 Å². The minimum atomic E-state index is 0.358. The van der Waals surface area contributed by atoms with E-state index in [0.29, 0.717) is 11.6 Å². The van der Waals surface area contributed by atoms with Crippen molar-refractivity contribution in [3.8, 4) is 17.3 Å². The van der Waals surface area contributed by atoms with E-state index in [-0.39, 0.29) is 0 Å². The number of aromatic nitrogens is 3. The van der Waals surface area contributed by atoms with Crippen LogP contribution in [0.2, 0.25) is 0 Å². The van der Waals surface area contributed by atoms with Crippen LogP contribution < -0.4 is 5.32 Å². The fourth-order valence-electron chi connectivity index (χ4n) is 3.11. The molecule has 6 heteroatoms. The lowest BCUT2D eigenvalue weighted by Crippen LogP contribution is -2.28. The Hall–Kier alpha value is -2.91. The summed E-state index contributed by atoms with van der Waals surface area (Å²) in [5, 5.41) is 17.4. The molecule has 0 atom stereocenters. The summed E-state index contributed by atoms with van der Waals surface area (Å²) in [5.41, 5.74) is 3.94. The van der Waals surface area contributed by atoms with E-state index in [1.807, 2.05) is 30.5 Å². The molecule has 1 fully saturated rings. The van der Waals surface area contributed by atoms with Crippen LogP contribution in [0.4, 0.5) is 5.69 Å². The third-order valence-electron chi connectivity index (χ3n) is 4.31. The molecular formula is C18H17N5O. The molecule has 1 aliphatic rings. The second kappa shape index (κ2) is 6.30. The maximum atomic E-state index is 9.53. The quantitative estimate of drug-likeness (QED) is 0.803. The average Bonchev–Trinajstić information content (AvgIpc) is 3.11. The van der Waals surface area contributed by atoms with Crippen molar-refractivity contribution in [3.63, 3.8) is 0 Å². The highest BCUT2D eigenvalue weighted by Gasteiger charge is 2.19. The molecule has 0 aliphatic carbocycles. The van der Waals surface area contributed by atoms with Crippen molar-refractivity contribution in [3.05, 3.63) is 48.4 Å². The highest BCUT2D eigenvalue weighted by Crippen LogP contribution is 2.32. The predicted octanol–water partition coefficient (Wildman–Crippen LogP) is 2.86. The molecule has 1 aliphatic heterocycles. The van der Waals surface area contributed by atoms with Gasteiger partial charge in [-0.05, 0) is 37.1 Å². The standard InChI is InChI=1S/C18H17N5O/c19-11-13-12-21-23-8-2-4-16(23)17(13)18-15(3-1-7-20-18)22-14-5-9-24-10-6-14/h1-4,7-8,12,14,22H,5-6,9-10H2. The predicted molar refractivity (Wildman–Crippen MR) is 90.6 cm³/mol. The van der Waals surface area contributed by atoms with Crippen molar-refractivity contribution in [2.75, 3.05) is 18.5 Å². The van der Waals surface area contributed by atoms with Gasteiger partial charge in [0.1, 0.15) is 6.07 Å². The Balaban J connectivity index is 1.82. The molecule has 24 heavy (non-hydrogen) atoms. The van der Waals surface area contributed by atoms with Gasteiger partial charge in [-0.3, -0.25) is 4.98 Å². The smallest absolute Gasteiger partial charge is 0.102 e. The second-order valence-electron chi connectivity index (χ2n) is 5.81. The number of ether oxygens (including phenoxy) is 1. The molecule has 4 heterocycles. The molecule has 0 radical (unpaired) electrons. The van der Waals surface area contributed by atoms with Crippen LogP contribution in [0.1, 0.15) is 18.4 Å². The molecule has 3 aromatic rings. The summed E-state index contributed by atoms with van der Waals surface area (Å²) >= 11 is 0. The summed E-state index contributed by atoms with van der Waals surface area (Å²) in [7, 11) is 0. The Morgan fingerprint density at radius 2 is 2.12 bits per heavy atom. The molecule has 0 amide bonds. The zero-order valence-corrected chi connectivity index (χ0v) is 13.1. The molecule has 0 spiro atoms. The number of nitrogens with one attached hydrogen (secondary N) is 1. The molecule has 3 aromatic heterocycles. The number of pyridine rings is 1.